The first-order chi connectivity index (χ1) is 10.2. The van der Waals surface area contributed by atoms with Crippen molar-refractivity contribution in [1.29, 1.82) is 0 Å². The Balaban J connectivity index is 2.21. The van der Waals surface area contributed by atoms with E-state index in [1.54, 1.807) is 6.07 Å². The molecule has 3 nitrogen and oxygen atoms in total. The lowest BCUT2D eigenvalue weighted by Gasteiger charge is -2.28. The second-order valence-corrected chi connectivity index (χ2v) is 6.05. The van der Waals surface area contributed by atoms with Gasteiger partial charge in [0.2, 0.25) is 0 Å². The van der Waals surface area contributed by atoms with Crippen LogP contribution in [0.3, 0.4) is 0 Å². The van der Waals surface area contributed by atoms with Gasteiger partial charge in [0, 0.05) is 12.2 Å². The fraction of sp³-hybridized carbons (Fsp3) is 0.294. The molecule has 2 aromatic rings. The highest BCUT2D eigenvalue weighted by Gasteiger charge is 2.24. The Morgan fingerprint density at radius 2 is 1.86 bits per heavy atom. The van der Waals surface area contributed by atoms with Crippen molar-refractivity contribution >= 4 is 23.1 Å². The highest BCUT2D eigenvalue weighted by Crippen LogP contribution is 2.47. The van der Waals surface area contributed by atoms with Crippen molar-refractivity contribution in [3.05, 3.63) is 42.0 Å². The second kappa shape index (κ2) is 5.90. The third-order valence-corrected chi connectivity index (χ3v) is 4.70. The van der Waals surface area contributed by atoms with Gasteiger partial charge in [0.1, 0.15) is 0 Å². The van der Waals surface area contributed by atoms with Gasteiger partial charge in [0.25, 0.3) is 0 Å². The predicted molar refractivity (Wildman–Crippen MR) is 87.9 cm³/mol. The number of aromatic hydroxyl groups is 2. The van der Waals surface area contributed by atoms with Crippen LogP contribution in [-0.4, -0.2) is 23.0 Å². The number of thioether (sulfide) groups is 1. The third kappa shape index (κ3) is 2.56. The van der Waals surface area contributed by atoms with Gasteiger partial charge in [0.15, 0.2) is 11.5 Å². The van der Waals surface area contributed by atoms with E-state index < -0.39 is 0 Å². The van der Waals surface area contributed by atoms with Gasteiger partial charge in [-0.2, -0.15) is 0 Å². The summed E-state index contributed by atoms with van der Waals surface area (Å²) in [5, 5.41) is 20.2. The molecule has 0 unspecified atom stereocenters. The number of phenolic OH excluding ortho intramolecular Hbond substituents is 2. The average Bonchev–Trinajstić information content (AvgIpc) is 2.72. The van der Waals surface area contributed by atoms with Crippen molar-refractivity contribution in [2.24, 2.45) is 0 Å². The van der Waals surface area contributed by atoms with Crippen LogP contribution in [0.2, 0.25) is 0 Å². The molecular formula is C17H19NO2S. The van der Waals surface area contributed by atoms with Gasteiger partial charge >= 0.3 is 0 Å². The van der Waals surface area contributed by atoms with E-state index in [0.29, 0.717) is 0 Å². The number of rotatable bonds is 2. The molecule has 0 fully saturated rings. The number of fused-ring (bicyclic) bond motifs is 1. The summed E-state index contributed by atoms with van der Waals surface area (Å²) in [5.41, 5.74) is 3.28. The van der Waals surface area contributed by atoms with Crippen LogP contribution < -0.4 is 4.90 Å². The molecule has 21 heavy (non-hydrogen) atoms. The number of benzene rings is 2. The van der Waals surface area contributed by atoms with Crippen molar-refractivity contribution in [3.8, 4) is 11.5 Å². The van der Waals surface area contributed by atoms with E-state index in [2.05, 4.69) is 17.0 Å². The maximum Gasteiger partial charge on any atom is 0.173 e. The minimum absolute atomic E-state index is 0.0101. The van der Waals surface area contributed by atoms with Crippen LogP contribution in [0.25, 0.3) is 0 Å². The zero-order chi connectivity index (χ0) is 14.8. The summed E-state index contributed by atoms with van der Waals surface area (Å²) in [6, 6.07) is 11.9. The molecule has 0 saturated carbocycles. The Bertz CT molecular complexity index is 643. The van der Waals surface area contributed by atoms with Crippen LogP contribution in [0.15, 0.2) is 41.3 Å². The number of hydrogen-bond donors (Lipinski definition) is 2. The molecule has 1 heterocycles. The van der Waals surface area contributed by atoms with Crippen molar-refractivity contribution < 1.29 is 10.2 Å². The van der Waals surface area contributed by atoms with E-state index in [9.17, 15) is 10.2 Å². The normalized spacial score (nSPS) is 14.6. The number of aryl methyl sites for hydroxylation is 1. The highest BCUT2D eigenvalue weighted by atomic mass is 32.2. The van der Waals surface area contributed by atoms with Crippen molar-refractivity contribution in [1.82, 2.24) is 0 Å². The molecule has 4 heteroatoms. The predicted octanol–water partition coefficient (Wildman–Crippen LogP) is 4.29. The number of anilines is 2. The molecule has 2 N–H and O–H groups in total. The quantitative estimate of drug-likeness (QED) is 0.641. The second-order valence-electron chi connectivity index (χ2n) is 5.23. The number of para-hydroxylation sites is 1. The summed E-state index contributed by atoms with van der Waals surface area (Å²) in [6.45, 7) is 0.925. The van der Waals surface area contributed by atoms with Gasteiger partial charge in [-0.1, -0.05) is 18.2 Å². The lowest BCUT2D eigenvalue weighted by molar-refractivity contribution is 0.394. The topological polar surface area (TPSA) is 43.7 Å². The summed E-state index contributed by atoms with van der Waals surface area (Å²) in [5.74, 6) is -0.0305. The fourth-order valence-corrected chi connectivity index (χ4v) is 3.65. The van der Waals surface area contributed by atoms with Crippen LogP contribution in [0, 0.1) is 0 Å². The van der Waals surface area contributed by atoms with Gasteiger partial charge < -0.3 is 15.1 Å². The van der Waals surface area contributed by atoms with E-state index in [1.165, 1.54) is 11.8 Å². The largest absolute Gasteiger partial charge is 0.504 e. The van der Waals surface area contributed by atoms with Crippen LogP contribution >= 0.6 is 11.8 Å². The fourth-order valence-electron chi connectivity index (χ4n) is 2.92. The van der Waals surface area contributed by atoms with Crippen molar-refractivity contribution in [2.45, 2.75) is 24.2 Å². The van der Waals surface area contributed by atoms with Crippen molar-refractivity contribution in [3.63, 3.8) is 0 Å². The number of nitrogens with zero attached hydrogens (tertiary/aromatic N) is 1. The number of hydrogen-bond acceptors (Lipinski definition) is 4. The van der Waals surface area contributed by atoms with Crippen LogP contribution in [-0.2, 0) is 6.42 Å². The molecule has 0 radical (unpaired) electrons. The summed E-state index contributed by atoms with van der Waals surface area (Å²) in [6.07, 6.45) is 5.05. The maximum absolute atomic E-state index is 10.2. The Morgan fingerprint density at radius 1 is 1.10 bits per heavy atom. The SMILES string of the molecule is CSc1c(O)c(O)cc2c1N(c1ccccc1)CCCC2. The first-order valence-corrected chi connectivity index (χ1v) is 8.39. The summed E-state index contributed by atoms with van der Waals surface area (Å²) in [4.78, 5) is 3.02. The van der Waals surface area contributed by atoms with E-state index >= 15 is 0 Å². The van der Waals surface area contributed by atoms with Gasteiger partial charge in [-0.05, 0) is 49.3 Å². The summed E-state index contributed by atoms with van der Waals surface area (Å²) < 4.78 is 0. The monoisotopic (exact) mass is 301 g/mol. The zero-order valence-electron chi connectivity index (χ0n) is 12.0. The molecule has 1 aliphatic heterocycles. The van der Waals surface area contributed by atoms with Gasteiger partial charge in [-0.25, -0.2) is 0 Å². The van der Waals surface area contributed by atoms with Gasteiger partial charge in [0.05, 0.1) is 10.6 Å². The van der Waals surface area contributed by atoms with Gasteiger partial charge in [-0.3, -0.25) is 0 Å². The molecule has 0 amide bonds. The Kier molecular flexibility index (Phi) is 3.97. The maximum atomic E-state index is 10.2. The molecule has 0 aliphatic carbocycles. The minimum Gasteiger partial charge on any atom is -0.504 e. The molecule has 0 aromatic heterocycles. The lowest BCUT2D eigenvalue weighted by atomic mass is 10.1. The molecule has 0 atom stereocenters. The highest BCUT2D eigenvalue weighted by molar-refractivity contribution is 7.98. The standard InChI is InChI=1S/C17H19NO2S/c1-21-17-15-12(11-14(19)16(17)20)7-5-6-10-18(15)13-8-3-2-4-9-13/h2-4,8-9,11,19-20H,5-7,10H2,1H3. The molecule has 0 spiro atoms. The average molecular weight is 301 g/mol. The zero-order valence-corrected chi connectivity index (χ0v) is 12.9. The third-order valence-electron chi connectivity index (χ3n) is 3.91. The van der Waals surface area contributed by atoms with Crippen LogP contribution in [0.5, 0.6) is 11.5 Å². The summed E-state index contributed by atoms with van der Waals surface area (Å²) >= 11 is 1.48. The number of phenols is 2. The molecule has 110 valence electrons. The van der Waals surface area contributed by atoms with E-state index in [1.807, 2.05) is 24.5 Å². The Hall–Kier alpha value is -1.81. The van der Waals surface area contributed by atoms with Crippen molar-refractivity contribution in [2.75, 3.05) is 17.7 Å². The van der Waals surface area contributed by atoms with Crippen LogP contribution in [0.4, 0.5) is 11.4 Å². The lowest BCUT2D eigenvalue weighted by Crippen LogP contribution is -2.18. The Morgan fingerprint density at radius 3 is 2.57 bits per heavy atom. The smallest absolute Gasteiger partial charge is 0.173 e. The molecule has 3 rings (SSSR count). The first-order valence-electron chi connectivity index (χ1n) is 7.16. The van der Waals surface area contributed by atoms with Gasteiger partial charge in [-0.15, -0.1) is 11.8 Å². The molecule has 2 aromatic carbocycles. The van der Waals surface area contributed by atoms with E-state index in [4.69, 9.17) is 0 Å². The van der Waals surface area contributed by atoms with E-state index in [0.717, 1.165) is 47.6 Å². The summed E-state index contributed by atoms with van der Waals surface area (Å²) in [7, 11) is 0. The first kappa shape index (κ1) is 14.1. The molecular weight excluding hydrogens is 282 g/mol. The Labute approximate surface area is 129 Å². The van der Waals surface area contributed by atoms with E-state index in [-0.39, 0.29) is 11.5 Å². The molecule has 0 saturated heterocycles. The molecule has 1 aliphatic rings. The molecule has 0 bridgehead atoms. The minimum atomic E-state index is -0.0204. The van der Waals surface area contributed by atoms with Crippen LogP contribution in [0.1, 0.15) is 18.4 Å².